The number of anilines is 1. The van der Waals surface area contributed by atoms with E-state index in [0.717, 1.165) is 16.9 Å². The van der Waals surface area contributed by atoms with Gasteiger partial charge in [-0.15, -0.1) is 0 Å². The highest BCUT2D eigenvalue weighted by Crippen LogP contribution is 2.13. The lowest BCUT2D eigenvalue weighted by Gasteiger charge is -1.94. The number of hydrogen-bond acceptors (Lipinski definition) is 3. The summed E-state index contributed by atoms with van der Waals surface area (Å²) in [5.41, 5.74) is 8.26. The van der Waals surface area contributed by atoms with Gasteiger partial charge in [0.25, 0.3) is 0 Å². The second kappa shape index (κ2) is 2.20. The molecule has 0 saturated heterocycles. The van der Waals surface area contributed by atoms with E-state index in [2.05, 4.69) is 9.97 Å². The van der Waals surface area contributed by atoms with Crippen LogP contribution >= 0.6 is 0 Å². The molecule has 62 valence electrons. The number of hydrogen-bond donors (Lipinski definition) is 1. The maximum absolute atomic E-state index is 5.61. The molecule has 0 aliphatic heterocycles. The zero-order valence-corrected chi connectivity index (χ0v) is 7.07. The third kappa shape index (κ3) is 0.845. The second-order valence-electron chi connectivity index (χ2n) is 2.82. The Morgan fingerprint density at radius 3 is 2.83 bits per heavy atom. The molecule has 0 aromatic carbocycles. The Balaban J connectivity index is 2.87. The first-order valence-corrected chi connectivity index (χ1v) is 3.74. The minimum absolute atomic E-state index is 0.503. The van der Waals surface area contributed by atoms with Crippen LogP contribution in [0.3, 0.4) is 0 Å². The lowest BCUT2D eigenvalue weighted by Crippen LogP contribution is -1.95. The molecule has 0 radical (unpaired) electrons. The lowest BCUT2D eigenvalue weighted by atomic mass is 10.3. The van der Waals surface area contributed by atoms with Gasteiger partial charge in [0.2, 0.25) is 5.95 Å². The molecule has 0 fully saturated rings. The van der Waals surface area contributed by atoms with Crippen molar-refractivity contribution in [1.82, 2.24) is 14.5 Å². The van der Waals surface area contributed by atoms with Crippen LogP contribution < -0.4 is 5.73 Å². The number of pyridine rings is 1. The summed E-state index contributed by atoms with van der Waals surface area (Å²) in [5.74, 6) is 0.503. The summed E-state index contributed by atoms with van der Waals surface area (Å²) in [4.78, 5) is 8.35. The van der Waals surface area contributed by atoms with Gasteiger partial charge in [0, 0.05) is 12.7 Å². The molecule has 0 amide bonds. The van der Waals surface area contributed by atoms with Crippen LogP contribution in [-0.2, 0) is 7.05 Å². The fourth-order valence-electron chi connectivity index (χ4n) is 1.19. The third-order valence-electron chi connectivity index (χ3n) is 1.92. The van der Waals surface area contributed by atoms with Crippen LogP contribution in [0.4, 0.5) is 5.95 Å². The maximum atomic E-state index is 5.61. The van der Waals surface area contributed by atoms with Gasteiger partial charge < -0.3 is 10.3 Å². The summed E-state index contributed by atoms with van der Waals surface area (Å²) in [6.45, 7) is 1.93. The molecule has 0 atom stereocenters. The van der Waals surface area contributed by atoms with Crippen molar-refractivity contribution in [2.24, 2.45) is 7.05 Å². The standard InChI is InChI=1S/C8H10N4/c1-5-3-4-6-7(10-5)11-8(9)12(6)2/h3-4H,1-2H3,(H2,9,10,11). The molecule has 2 aromatic rings. The molecule has 2 rings (SSSR count). The van der Waals surface area contributed by atoms with Crippen molar-refractivity contribution in [3.63, 3.8) is 0 Å². The molecule has 2 heterocycles. The molecular formula is C8H10N4. The molecule has 12 heavy (non-hydrogen) atoms. The maximum Gasteiger partial charge on any atom is 0.202 e. The lowest BCUT2D eigenvalue weighted by molar-refractivity contribution is 0.965. The normalized spacial score (nSPS) is 10.8. The monoisotopic (exact) mass is 162 g/mol. The molecule has 4 heteroatoms. The SMILES string of the molecule is Cc1ccc2c(n1)nc(N)n2C. The zero-order chi connectivity index (χ0) is 8.72. The quantitative estimate of drug-likeness (QED) is 0.625. The summed E-state index contributed by atoms with van der Waals surface area (Å²) in [7, 11) is 1.88. The van der Waals surface area contributed by atoms with Crippen molar-refractivity contribution in [3.05, 3.63) is 17.8 Å². The van der Waals surface area contributed by atoms with E-state index in [9.17, 15) is 0 Å². The van der Waals surface area contributed by atoms with Gasteiger partial charge >= 0.3 is 0 Å². The number of rotatable bonds is 0. The van der Waals surface area contributed by atoms with Crippen LogP contribution in [0.2, 0.25) is 0 Å². The van der Waals surface area contributed by atoms with Gasteiger partial charge in [-0.25, -0.2) is 4.98 Å². The minimum Gasteiger partial charge on any atom is -0.369 e. The molecule has 0 aliphatic carbocycles. The van der Waals surface area contributed by atoms with Gasteiger partial charge in [-0.2, -0.15) is 4.98 Å². The highest BCUT2D eigenvalue weighted by atomic mass is 15.2. The Labute approximate surface area is 70.0 Å². The van der Waals surface area contributed by atoms with Crippen LogP contribution in [0.25, 0.3) is 11.2 Å². The van der Waals surface area contributed by atoms with E-state index in [0.29, 0.717) is 5.95 Å². The molecular weight excluding hydrogens is 152 g/mol. The Morgan fingerprint density at radius 1 is 1.33 bits per heavy atom. The van der Waals surface area contributed by atoms with Crippen LogP contribution in [0.1, 0.15) is 5.69 Å². The van der Waals surface area contributed by atoms with Crippen molar-refractivity contribution < 1.29 is 0 Å². The Morgan fingerprint density at radius 2 is 2.08 bits per heavy atom. The van der Waals surface area contributed by atoms with E-state index in [1.807, 2.05) is 30.7 Å². The van der Waals surface area contributed by atoms with Crippen LogP contribution in [-0.4, -0.2) is 14.5 Å². The van der Waals surface area contributed by atoms with Crippen molar-refractivity contribution in [2.75, 3.05) is 5.73 Å². The predicted molar refractivity (Wildman–Crippen MR) is 47.7 cm³/mol. The highest BCUT2D eigenvalue weighted by molar-refractivity contribution is 5.74. The van der Waals surface area contributed by atoms with E-state index in [1.54, 1.807) is 0 Å². The average Bonchev–Trinajstić information content (AvgIpc) is 2.28. The molecule has 0 spiro atoms. The van der Waals surface area contributed by atoms with Gasteiger partial charge in [-0.05, 0) is 19.1 Å². The van der Waals surface area contributed by atoms with Gasteiger partial charge in [-0.3, -0.25) is 0 Å². The van der Waals surface area contributed by atoms with Gasteiger partial charge in [0.1, 0.15) is 0 Å². The van der Waals surface area contributed by atoms with Crippen molar-refractivity contribution in [1.29, 1.82) is 0 Å². The number of nitrogens with two attached hydrogens (primary N) is 1. The number of aryl methyl sites for hydroxylation is 2. The van der Waals surface area contributed by atoms with Crippen LogP contribution in [0, 0.1) is 6.92 Å². The summed E-state index contributed by atoms with van der Waals surface area (Å²) >= 11 is 0. The smallest absolute Gasteiger partial charge is 0.202 e. The fraction of sp³-hybridized carbons (Fsp3) is 0.250. The Hall–Kier alpha value is -1.58. The fourth-order valence-corrected chi connectivity index (χ4v) is 1.19. The van der Waals surface area contributed by atoms with Gasteiger partial charge in [-0.1, -0.05) is 0 Å². The molecule has 0 unspecified atom stereocenters. The van der Waals surface area contributed by atoms with E-state index < -0.39 is 0 Å². The number of nitrogens with zero attached hydrogens (tertiary/aromatic N) is 3. The van der Waals surface area contributed by atoms with Crippen LogP contribution in [0.5, 0.6) is 0 Å². The molecule has 2 N–H and O–H groups in total. The number of fused-ring (bicyclic) bond motifs is 1. The van der Waals surface area contributed by atoms with E-state index >= 15 is 0 Å². The Kier molecular flexibility index (Phi) is 1.30. The average molecular weight is 162 g/mol. The number of aromatic nitrogens is 3. The summed E-state index contributed by atoms with van der Waals surface area (Å²) in [5, 5.41) is 0. The first kappa shape index (κ1) is 7.09. The largest absolute Gasteiger partial charge is 0.369 e. The summed E-state index contributed by atoms with van der Waals surface area (Å²) < 4.78 is 1.82. The summed E-state index contributed by atoms with van der Waals surface area (Å²) in [6, 6.07) is 3.92. The molecule has 0 aliphatic rings. The van der Waals surface area contributed by atoms with Gasteiger partial charge in [0.05, 0.1) is 5.52 Å². The zero-order valence-electron chi connectivity index (χ0n) is 7.07. The van der Waals surface area contributed by atoms with Crippen LogP contribution in [0.15, 0.2) is 12.1 Å². The molecule has 2 aromatic heterocycles. The predicted octanol–water partition coefficient (Wildman–Crippen LogP) is 0.859. The van der Waals surface area contributed by atoms with Crippen molar-refractivity contribution in [3.8, 4) is 0 Å². The molecule has 4 nitrogen and oxygen atoms in total. The molecule has 0 bridgehead atoms. The van der Waals surface area contributed by atoms with E-state index in [-0.39, 0.29) is 0 Å². The summed E-state index contributed by atoms with van der Waals surface area (Å²) in [6.07, 6.45) is 0. The number of nitrogen functional groups attached to an aromatic ring is 1. The first-order valence-electron chi connectivity index (χ1n) is 3.74. The van der Waals surface area contributed by atoms with E-state index in [1.165, 1.54) is 0 Å². The van der Waals surface area contributed by atoms with E-state index in [4.69, 9.17) is 5.73 Å². The topological polar surface area (TPSA) is 56.7 Å². The van der Waals surface area contributed by atoms with Gasteiger partial charge in [0.15, 0.2) is 5.65 Å². The second-order valence-corrected chi connectivity index (χ2v) is 2.82. The molecule has 0 saturated carbocycles. The van der Waals surface area contributed by atoms with Crippen molar-refractivity contribution in [2.45, 2.75) is 6.92 Å². The number of imidazole rings is 1. The minimum atomic E-state index is 0.503. The highest BCUT2D eigenvalue weighted by Gasteiger charge is 2.04. The Bertz CT molecular complexity index is 430. The van der Waals surface area contributed by atoms with Crippen molar-refractivity contribution >= 4 is 17.1 Å². The third-order valence-corrected chi connectivity index (χ3v) is 1.92. The first-order chi connectivity index (χ1) is 5.68.